The number of nitriles is 1. The van der Waals surface area contributed by atoms with Gasteiger partial charge in [0.25, 0.3) is 6.26 Å². The zero-order valence-corrected chi connectivity index (χ0v) is 11.2. The van der Waals surface area contributed by atoms with E-state index in [9.17, 15) is 0 Å². The molecular weight excluding hydrogens is 252 g/mol. The Bertz CT molecular complexity index is 689. The third-order valence-electron chi connectivity index (χ3n) is 3.63. The monoisotopic (exact) mass is 266 g/mol. The van der Waals surface area contributed by atoms with Crippen molar-refractivity contribution in [1.29, 1.82) is 5.26 Å². The highest BCUT2D eigenvalue weighted by Crippen LogP contribution is 2.39. The second-order valence-corrected chi connectivity index (χ2v) is 4.71. The summed E-state index contributed by atoms with van der Waals surface area (Å²) in [6.45, 7) is 0. The largest absolute Gasteiger partial charge is 0.481 e. The van der Waals surface area contributed by atoms with Crippen molar-refractivity contribution in [3.8, 4) is 29.0 Å². The molecule has 20 heavy (non-hydrogen) atoms. The number of fused-ring (bicyclic) bond motifs is 1. The summed E-state index contributed by atoms with van der Waals surface area (Å²) < 4.78 is 10.4. The lowest BCUT2D eigenvalue weighted by molar-refractivity contribution is 0.398. The average molecular weight is 266 g/mol. The zero-order chi connectivity index (χ0) is 13.9. The van der Waals surface area contributed by atoms with Gasteiger partial charge in [-0.25, -0.2) is 4.98 Å². The van der Waals surface area contributed by atoms with Gasteiger partial charge in [0.1, 0.15) is 0 Å². The Balaban J connectivity index is 2.15. The molecule has 0 atom stereocenters. The molecule has 0 saturated carbocycles. The fourth-order valence-electron chi connectivity index (χ4n) is 2.71. The minimum atomic E-state index is 0.547. The normalized spacial score (nSPS) is 12.6. The summed E-state index contributed by atoms with van der Waals surface area (Å²) in [6.07, 6.45) is 6.62. The lowest BCUT2D eigenvalue weighted by atomic mass is 9.99. The summed E-state index contributed by atoms with van der Waals surface area (Å²) >= 11 is 0. The van der Waals surface area contributed by atoms with E-state index in [0.29, 0.717) is 11.6 Å². The van der Waals surface area contributed by atoms with Gasteiger partial charge in [-0.1, -0.05) is 12.1 Å². The van der Waals surface area contributed by atoms with Gasteiger partial charge < -0.3 is 9.47 Å². The molecule has 4 nitrogen and oxygen atoms in total. The number of ether oxygens (including phenoxy) is 2. The number of pyridine rings is 1. The average Bonchev–Trinajstić information content (AvgIpc) is 2.97. The number of hydrogen-bond donors (Lipinski definition) is 0. The highest BCUT2D eigenvalue weighted by molar-refractivity contribution is 5.74. The Morgan fingerprint density at radius 1 is 1.25 bits per heavy atom. The van der Waals surface area contributed by atoms with E-state index in [4.69, 9.17) is 14.7 Å². The van der Waals surface area contributed by atoms with E-state index in [0.717, 1.165) is 36.0 Å². The number of nitrogens with zero attached hydrogens (tertiary/aromatic N) is 2. The standard InChI is InChI=1S/C16H14N2O2/c1-19-15-9-12(7-8-18-15)14-6-5-11-3-2-4-13(11)16(14)20-10-17/h5-9H,2-4H2,1H3. The molecule has 0 aliphatic heterocycles. The predicted octanol–water partition coefficient (Wildman–Crippen LogP) is 3.11. The molecule has 0 spiro atoms. The fourth-order valence-corrected chi connectivity index (χ4v) is 2.71. The van der Waals surface area contributed by atoms with E-state index >= 15 is 0 Å². The molecule has 1 aliphatic rings. The first kappa shape index (κ1) is 12.5. The maximum atomic E-state index is 8.91. The van der Waals surface area contributed by atoms with Gasteiger partial charge in [-0.15, -0.1) is 5.26 Å². The van der Waals surface area contributed by atoms with Gasteiger partial charge in [0.05, 0.1) is 7.11 Å². The molecule has 3 rings (SSSR count). The Morgan fingerprint density at radius 3 is 2.95 bits per heavy atom. The zero-order valence-electron chi connectivity index (χ0n) is 11.2. The van der Waals surface area contributed by atoms with Gasteiger partial charge in [-0.05, 0) is 42.0 Å². The summed E-state index contributed by atoms with van der Waals surface area (Å²) in [5, 5.41) is 8.91. The Hall–Kier alpha value is -2.54. The lowest BCUT2D eigenvalue weighted by Crippen LogP contribution is -1.95. The molecule has 1 aromatic carbocycles. The molecule has 0 unspecified atom stereocenters. The van der Waals surface area contributed by atoms with Crippen LogP contribution < -0.4 is 9.47 Å². The molecular formula is C16H14N2O2. The van der Waals surface area contributed by atoms with Crippen molar-refractivity contribution >= 4 is 0 Å². The van der Waals surface area contributed by atoms with Crippen LogP contribution in [0, 0.1) is 11.5 Å². The highest BCUT2D eigenvalue weighted by atomic mass is 16.5. The topological polar surface area (TPSA) is 55.1 Å². The summed E-state index contributed by atoms with van der Waals surface area (Å²) in [5.41, 5.74) is 4.28. The van der Waals surface area contributed by atoms with E-state index in [1.807, 2.05) is 18.2 Å². The summed E-state index contributed by atoms with van der Waals surface area (Å²) in [5.74, 6) is 1.22. The number of rotatable bonds is 3. The Kier molecular flexibility index (Phi) is 3.26. The summed E-state index contributed by atoms with van der Waals surface area (Å²) in [6, 6.07) is 7.87. The fraction of sp³-hybridized carbons (Fsp3) is 0.250. The van der Waals surface area contributed by atoms with Gasteiger partial charge in [-0.2, -0.15) is 0 Å². The van der Waals surface area contributed by atoms with E-state index in [1.54, 1.807) is 19.6 Å². The molecule has 4 heteroatoms. The van der Waals surface area contributed by atoms with Crippen molar-refractivity contribution in [2.75, 3.05) is 7.11 Å². The Morgan fingerprint density at radius 2 is 2.15 bits per heavy atom. The number of aryl methyl sites for hydroxylation is 1. The van der Waals surface area contributed by atoms with Crippen LogP contribution in [0.25, 0.3) is 11.1 Å². The predicted molar refractivity (Wildman–Crippen MR) is 74.5 cm³/mol. The first-order valence-corrected chi connectivity index (χ1v) is 6.54. The molecule has 0 radical (unpaired) electrons. The highest BCUT2D eigenvalue weighted by Gasteiger charge is 2.20. The van der Waals surface area contributed by atoms with Gasteiger partial charge in [0.2, 0.25) is 5.88 Å². The summed E-state index contributed by atoms with van der Waals surface area (Å²) in [7, 11) is 1.58. The maximum Gasteiger partial charge on any atom is 0.292 e. The second-order valence-electron chi connectivity index (χ2n) is 4.71. The third-order valence-corrected chi connectivity index (χ3v) is 3.63. The van der Waals surface area contributed by atoms with E-state index < -0.39 is 0 Å². The molecule has 0 amide bonds. The van der Waals surface area contributed by atoms with Crippen LogP contribution in [0.5, 0.6) is 11.6 Å². The molecule has 0 fully saturated rings. The summed E-state index contributed by atoms with van der Waals surface area (Å²) in [4.78, 5) is 4.10. The molecule has 0 N–H and O–H groups in total. The minimum Gasteiger partial charge on any atom is -0.481 e. The molecule has 0 bridgehead atoms. The third kappa shape index (κ3) is 2.08. The van der Waals surface area contributed by atoms with Crippen LogP contribution in [0.4, 0.5) is 0 Å². The minimum absolute atomic E-state index is 0.547. The van der Waals surface area contributed by atoms with Gasteiger partial charge in [0, 0.05) is 17.8 Å². The van der Waals surface area contributed by atoms with Crippen LogP contribution in [-0.2, 0) is 12.8 Å². The van der Waals surface area contributed by atoms with Crippen molar-refractivity contribution in [3.05, 3.63) is 41.6 Å². The quantitative estimate of drug-likeness (QED) is 0.801. The van der Waals surface area contributed by atoms with Crippen LogP contribution in [-0.4, -0.2) is 12.1 Å². The molecule has 1 aromatic heterocycles. The molecule has 1 aliphatic carbocycles. The molecule has 0 saturated heterocycles. The SMILES string of the molecule is COc1cc(-c2ccc3c(c2OC#N)CCC3)ccn1. The van der Waals surface area contributed by atoms with Crippen molar-refractivity contribution in [2.45, 2.75) is 19.3 Å². The van der Waals surface area contributed by atoms with Crippen LogP contribution in [0.1, 0.15) is 17.5 Å². The Labute approximate surface area is 117 Å². The van der Waals surface area contributed by atoms with E-state index in [-0.39, 0.29) is 0 Å². The number of methoxy groups -OCH3 is 1. The van der Waals surface area contributed by atoms with Crippen LogP contribution >= 0.6 is 0 Å². The van der Waals surface area contributed by atoms with Crippen molar-refractivity contribution in [1.82, 2.24) is 4.98 Å². The van der Waals surface area contributed by atoms with Crippen LogP contribution in [0.2, 0.25) is 0 Å². The van der Waals surface area contributed by atoms with Crippen molar-refractivity contribution in [2.24, 2.45) is 0 Å². The lowest BCUT2D eigenvalue weighted by Gasteiger charge is -2.12. The molecule has 1 heterocycles. The van der Waals surface area contributed by atoms with E-state index in [2.05, 4.69) is 11.1 Å². The first-order valence-electron chi connectivity index (χ1n) is 6.54. The van der Waals surface area contributed by atoms with Gasteiger partial charge >= 0.3 is 0 Å². The van der Waals surface area contributed by atoms with E-state index in [1.165, 1.54) is 5.56 Å². The molecule has 100 valence electrons. The van der Waals surface area contributed by atoms with Crippen molar-refractivity contribution < 1.29 is 9.47 Å². The van der Waals surface area contributed by atoms with Gasteiger partial charge in [0.15, 0.2) is 5.75 Å². The molecule has 2 aromatic rings. The first-order chi connectivity index (χ1) is 9.83. The maximum absolute atomic E-state index is 8.91. The van der Waals surface area contributed by atoms with Crippen molar-refractivity contribution in [3.63, 3.8) is 0 Å². The number of aromatic nitrogens is 1. The smallest absolute Gasteiger partial charge is 0.292 e. The van der Waals surface area contributed by atoms with Crippen LogP contribution in [0.3, 0.4) is 0 Å². The van der Waals surface area contributed by atoms with Crippen LogP contribution in [0.15, 0.2) is 30.5 Å². The van der Waals surface area contributed by atoms with Gasteiger partial charge in [-0.3, -0.25) is 0 Å². The second kappa shape index (κ2) is 5.22. The number of benzene rings is 1. The number of hydrogen-bond acceptors (Lipinski definition) is 4.